The first-order chi connectivity index (χ1) is 8.61. The Hall–Kier alpha value is -1.46. The van der Waals surface area contributed by atoms with E-state index in [9.17, 15) is 4.79 Å². The second-order valence-electron chi connectivity index (χ2n) is 3.99. The van der Waals surface area contributed by atoms with Crippen LogP contribution in [-0.4, -0.2) is 51.8 Å². The molecular formula is C13H20ClNO4. The molecule has 0 aliphatic heterocycles. The molecule has 5 nitrogen and oxygen atoms in total. The largest absolute Gasteiger partial charge is 0.497 e. The lowest BCUT2D eigenvalue weighted by Gasteiger charge is -2.10. The number of hydrogen-bond acceptors (Lipinski definition) is 5. The van der Waals surface area contributed by atoms with Crippen molar-refractivity contribution in [1.82, 2.24) is 4.90 Å². The van der Waals surface area contributed by atoms with Gasteiger partial charge in [-0.3, -0.25) is 0 Å². The van der Waals surface area contributed by atoms with Crippen molar-refractivity contribution >= 4 is 18.4 Å². The van der Waals surface area contributed by atoms with Crippen LogP contribution in [0.3, 0.4) is 0 Å². The first-order valence-electron chi connectivity index (χ1n) is 5.69. The maximum absolute atomic E-state index is 11.4. The molecule has 1 rings (SSSR count). The van der Waals surface area contributed by atoms with Crippen LogP contribution in [0.4, 0.5) is 0 Å². The van der Waals surface area contributed by atoms with Crippen molar-refractivity contribution in [2.24, 2.45) is 0 Å². The number of rotatable bonds is 7. The van der Waals surface area contributed by atoms with Crippen LogP contribution in [0.1, 0.15) is 0 Å². The molecule has 0 radical (unpaired) electrons. The number of carbonyl (C=O) groups excluding carboxylic acids is 1. The van der Waals surface area contributed by atoms with E-state index in [0.717, 1.165) is 0 Å². The topological polar surface area (TPSA) is 48.0 Å². The van der Waals surface area contributed by atoms with E-state index in [1.807, 2.05) is 25.1 Å². The van der Waals surface area contributed by atoms with Crippen LogP contribution in [-0.2, 0) is 9.53 Å². The number of carbonyl (C=O) groups is 1. The van der Waals surface area contributed by atoms with Crippen LogP contribution in [0.15, 0.2) is 24.3 Å². The van der Waals surface area contributed by atoms with Crippen LogP contribution in [0.25, 0.3) is 0 Å². The summed E-state index contributed by atoms with van der Waals surface area (Å²) in [6.07, 6.45) is 0. The zero-order valence-electron chi connectivity index (χ0n) is 11.4. The molecule has 0 aliphatic carbocycles. The number of hydrogen-bond donors (Lipinski definition) is 0. The Bertz CT molecular complexity index is 385. The van der Waals surface area contributed by atoms with Crippen molar-refractivity contribution in [3.05, 3.63) is 24.3 Å². The van der Waals surface area contributed by atoms with Crippen LogP contribution < -0.4 is 9.47 Å². The first-order valence-corrected chi connectivity index (χ1v) is 5.69. The molecule has 0 bridgehead atoms. The standard InChI is InChI=1S/C13H19NO4.ClH/c1-14(2)7-8-17-13(15)10-18-12-6-4-5-11(9-12)16-3;/h4-6,9H,7-8,10H2,1-3H3;1H. The van der Waals surface area contributed by atoms with Crippen molar-refractivity contribution in [3.63, 3.8) is 0 Å². The average molecular weight is 290 g/mol. The van der Waals surface area contributed by atoms with Gasteiger partial charge in [-0.05, 0) is 26.2 Å². The second kappa shape index (κ2) is 9.47. The normalized spacial score (nSPS) is 9.68. The highest BCUT2D eigenvalue weighted by atomic mass is 35.5. The highest BCUT2D eigenvalue weighted by Crippen LogP contribution is 2.18. The Balaban J connectivity index is 0.00000324. The molecule has 0 unspecified atom stereocenters. The number of nitrogens with zero attached hydrogens (tertiary/aromatic N) is 1. The molecule has 0 atom stereocenters. The van der Waals surface area contributed by atoms with Gasteiger partial charge in [0.1, 0.15) is 18.1 Å². The molecule has 1 aromatic rings. The number of methoxy groups -OCH3 is 1. The van der Waals surface area contributed by atoms with Crippen molar-refractivity contribution in [2.45, 2.75) is 0 Å². The third kappa shape index (κ3) is 7.54. The van der Waals surface area contributed by atoms with Crippen LogP contribution in [0, 0.1) is 0 Å². The minimum atomic E-state index is -0.375. The van der Waals surface area contributed by atoms with Gasteiger partial charge >= 0.3 is 5.97 Å². The van der Waals surface area contributed by atoms with Gasteiger partial charge in [-0.25, -0.2) is 4.79 Å². The molecule has 0 aromatic heterocycles. The quantitative estimate of drug-likeness (QED) is 0.714. The molecule has 0 spiro atoms. The lowest BCUT2D eigenvalue weighted by Crippen LogP contribution is -2.22. The second-order valence-corrected chi connectivity index (χ2v) is 3.99. The summed E-state index contributed by atoms with van der Waals surface area (Å²) in [5.74, 6) is 0.895. The summed E-state index contributed by atoms with van der Waals surface area (Å²) in [5, 5.41) is 0. The molecule has 1 aromatic carbocycles. The lowest BCUT2D eigenvalue weighted by atomic mass is 10.3. The summed E-state index contributed by atoms with van der Waals surface area (Å²) in [6.45, 7) is 0.971. The van der Waals surface area contributed by atoms with Gasteiger partial charge in [0.2, 0.25) is 0 Å². The number of benzene rings is 1. The minimum absolute atomic E-state index is 0. The highest BCUT2D eigenvalue weighted by molar-refractivity contribution is 5.85. The molecule has 0 saturated carbocycles. The molecule has 0 heterocycles. The molecule has 0 aliphatic rings. The maximum atomic E-state index is 11.4. The first kappa shape index (κ1) is 17.5. The van der Waals surface area contributed by atoms with E-state index in [2.05, 4.69) is 0 Å². The predicted octanol–water partition coefficient (Wildman–Crippen LogP) is 1.60. The SMILES string of the molecule is COc1cccc(OCC(=O)OCCN(C)C)c1.Cl. The summed E-state index contributed by atoms with van der Waals surface area (Å²) in [5.41, 5.74) is 0. The van der Waals surface area contributed by atoms with E-state index in [0.29, 0.717) is 24.7 Å². The minimum Gasteiger partial charge on any atom is -0.497 e. The van der Waals surface area contributed by atoms with E-state index < -0.39 is 0 Å². The molecule has 0 saturated heterocycles. The summed E-state index contributed by atoms with van der Waals surface area (Å²) in [4.78, 5) is 13.3. The highest BCUT2D eigenvalue weighted by Gasteiger charge is 2.05. The summed E-state index contributed by atoms with van der Waals surface area (Å²) in [6, 6.07) is 7.08. The van der Waals surface area contributed by atoms with E-state index in [1.54, 1.807) is 25.3 Å². The van der Waals surface area contributed by atoms with Crippen LogP contribution in [0.2, 0.25) is 0 Å². The van der Waals surface area contributed by atoms with Gasteiger partial charge < -0.3 is 19.1 Å². The monoisotopic (exact) mass is 289 g/mol. The van der Waals surface area contributed by atoms with E-state index in [1.165, 1.54) is 0 Å². The van der Waals surface area contributed by atoms with Gasteiger partial charge in [-0.2, -0.15) is 0 Å². The summed E-state index contributed by atoms with van der Waals surface area (Å²) >= 11 is 0. The van der Waals surface area contributed by atoms with Crippen molar-refractivity contribution in [3.8, 4) is 11.5 Å². The lowest BCUT2D eigenvalue weighted by molar-refractivity contribution is -0.146. The Labute approximate surface area is 119 Å². The number of ether oxygens (including phenoxy) is 3. The molecule has 19 heavy (non-hydrogen) atoms. The smallest absolute Gasteiger partial charge is 0.344 e. The number of likely N-dealkylation sites (N-methyl/N-ethyl adjacent to an activating group) is 1. The molecule has 0 amide bonds. The van der Waals surface area contributed by atoms with Gasteiger partial charge in [-0.15, -0.1) is 12.4 Å². The molecular weight excluding hydrogens is 270 g/mol. The van der Waals surface area contributed by atoms with Gasteiger partial charge in [0.15, 0.2) is 6.61 Å². The van der Waals surface area contributed by atoms with Gasteiger partial charge in [0.25, 0.3) is 0 Å². The summed E-state index contributed by atoms with van der Waals surface area (Å²) in [7, 11) is 5.41. The van der Waals surface area contributed by atoms with Gasteiger partial charge in [-0.1, -0.05) is 6.07 Å². The molecule has 0 fully saturated rings. The van der Waals surface area contributed by atoms with E-state index in [4.69, 9.17) is 14.2 Å². The van der Waals surface area contributed by atoms with E-state index >= 15 is 0 Å². The zero-order chi connectivity index (χ0) is 13.4. The molecule has 6 heteroatoms. The Morgan fingerprint density at radius 2 is 1.95 bits per heavy atom. The van der Waals surface area contributed by atoms with Crippen molar-refractivity contribution in [1.29, 1.82) is 0 Å². The fourth-order valence-corrected chi connectivity index (χ4v) is 1.22. The average Bonchev–Trinajstić information content (AvgIpc) is 2.36. The fourth-order valence-electron chi connectivity index (χ4n) is 1.22. The fraction of sp³-hybridized carbons (Fsp3) is 0.462. The number of esters is 1. The Kier molecular flexibility index (Phi) is 8.74. The van der Waals surface area contributed by atoms with Crippen LogP contribution in [0.5, 0.6) is 11.5 Å². The third-order valence-electron chi connectivity index (χ3n) is 2.20. The Morgan fingerprint density at radius 1 is 1.26 bits per heavy atom. The van der Waals surface area contributed by atoms with Crippen LogP contribution >= 0.6 is 12.4 Å². The zero-order valence-corrected chi connectivity index (χ0v) is 12.2. The van der Waals surface area contributed by atoms with Crippen molar-refractivity contribution in [2.75, 3.05) is 41.0 Å². The predicted molar refractivity (Wildman–Crippen MR) is 75.3 cm³/mol. The summed E-state index contributed by atoms with van der Waals surface area (Å²) < 4.78 is 15.3. The van der Waals surface area contributed by atoms with E-state index in [-0.39, 0.29) is 25.0 Å². The number of halogens is 1. The maximum Gasteiger partial charge on any atom is 0.344 e. The Morgan fingerprint density at radius 3 is 2.58 bits per heavy atom. The third-order valence-corrected chi connectivity index (χ3v) is 2.20. The molecule has 108 valence electrons. The molecule has 0 N–H and O–H groups in total. The van der Waals surface area contributed by atoms with Crippen molar-refractivity contribution < 1.29 is 19.0 Å². The van der Waals surface area contributed by atoms with Gasteiger partial charge in [0, 0.05) is 12.6 Å². The van der Waals surface area contributed by atoms with Gasteiger partial charge in [0.05, 0.1) is 7.11 Å².